The Hall–Kier alpha value is -1.05. The van der Waals surface area contributed by atoms with Gasteiger partial charge >= 0.3 is 0 Å². The molecular weight excluding hydrogens is 377 g/mol. The molecule has 0 saturated carbocycles. The van der Waals surface area contributed by atoms with E-state index in [1.165, 1.54) is 0 Å². The summed E-state index contributed by atoms with van der Waals surface area (Å²) in [5.41, 5.74) is 0.409. The maximum atomic E-state index is 12.7. The van der Waals surface area contributed by atoms with Crippen molar-refractivity contribution in [2.24, 2.45) is 0 Å². The molecule has 2 saturated heterocycles. The highest BCUT2D eigenvalue weighted by molar-refractivity contribution is 5.85. The second kappa shape index (κ2) is 8.31. The van der Waals surface area contributed by atoms with Crippen molar-refractivity contribution >= 4 is 30.7 Å². The molecule has 0 bridgehead atoms. The summed E-state index contributed by atoms with van der Waals surface area (Å²) in [5, 5.41) is 16.8. The lowest BCUT2D eigenvalue weighted by molar-refractivity contribution is -0.125. The first-order valence-corrected chi connectivity index (χ1v) is 8.74. The fourth-order valence-corrected chi connectivity index (χ4v) is 4.20. The minimum Gasteiger partial charge on any atom is -0.493 e. The number of nitrogens with zero attached hydrogens (tertiary/aromatic N) is 1. The third-order valence-electron chi connectivity index (χ3n) is 5.34. The number of hydrogen-bond acceptors (Lipinski definition) is 5. The normalized spacial score (nSPS) is 32.9. The Morgan fingerprint density at radius 1 is 1.38 bits per heavy atom. The molecule has 1 amide bonds. The van der Waals surface area contributed by atoms with Crippen molar-refractivity contribution in [2.75, 3.05) is 26.2 Å². The molecule has 1 aromatic carbocycles. The lowest BCUT2D eigenvalue weighted by Gasteiger charge is -2.36. The summed E-state index contributed by atoms with van der Waals surface area (Å²) in [6.07, 6.45) is 1.55. The molecule has 4 rings (SSSR count). The van der Waals surface area contributed by atoms with E-state index in [9.17, 15) is 9.90 Å². The first kappa shape index (κ1) is 21.3. The van der Waals surface area contributed by atoms with Gasteiger partial charge in [0, 0.05) is 37.7 Å². The van der Waals surface area contributed by atoms with Crippen LogP contribution >= 0.6 is 24.8 Å². The first-order chi connectivity index (χ1) is 11.5. The number of benzene rings is 1. The number of nitrogens with one attached hydrogen (secondary N) is 2. The SMILES string of the molecule is CC1(O)C[C@@H]2CNC(C(=O)N[C@@H]3CCOc4ccccc43)CN2C1.Cl.Cl. The van der Waals surface area contributed by atoms with Gasteiger partial charge in [0.1, 0.15) is 5.75 Å². The number of piperazine rings is 1. The molecule has 0 aromatic heterocycles. The van der Waals surface area contributed by atoms with E-state index in [-0.39, 0.29) is 42.8 Å². The van der Waals surface area contributed by atoms with Crippen molar-refractivity contribution in [2.45, 2.75) is 43.5 Å². The summed E-state index contributed by atoms with van der Waals surface area (Å²) >= 11 is 0. The highest BCUT2D eigenvalue weighted by Crippen LogP contribution is 2.32. The number of carbonyl (C=O) groups is 1. The number of amides is 1. The van der Waals surface area contributed by atoms with Crippen molar-refractivity contribution in [3.63, 3.8) is 0 Å². The zero-order valence-electron chi connectivity index (χ0n) is 14.8. The van der Waals surface area contributed by atoms with Gasteiger partial charge in [-0.2, -0.15) is 0 Å². The number of aliphatic hydroxyl groups is 1. The van der Waals surface area contributed by atoms with Crippen molar-refractivity contribution < 1.29 is 14.6 Å². The third-order valence-corrected chi connectivity index (χ3v) is 5.34. The molecule has 2 fully saturated rings. The second-order valence-corrected chi connectivity index (χ2v) is 7.48. The van der Waals surface area contributed by atoms with Gasteiger partial charge in [-0.15, -0.1) is 24.8 Å². The largest absolute Gasteiger partial charge is 0.493 e. The molecular formula is C18H27Cl2N3O3. The summed E-state index contributed by atoms with van der Waals surface area (Å²) < 4.78 is 5.66. The highest BCUT2D eigenvalue weighted by Gasteiger charge is 2.43. The Kier molecular flexibility index (Phi) is 6.80. The highest BCUT2D eigenvalue weighted by atomic mass is 35.5. The van der Waals surface area contributed by atoms with Gasteiger partial charge in [0.25, 0.3) is 0 Å². The molecule has 146 valence electrons. The fraction of sp³-hybridized carbons (Fsp3) is 0.611. The number of halogens is 2. The standard InChI is InChI=1S/C18H25N3O3.2ClH/c1-18(23)8-12-9-19-15(10-21(12)11-18)17(22)20-14-6-7-24-16-5-3-2-4-13(14)16;;/h2-5,12,14-15,19,23H,6-11H2,1H3,(H,20,22);2*1H/t12-,14-,15?,18?;;/m1../s1. The minimum atomic E-state index is -0.642. The van der Waals surface area contributed by atoms with Gasteiger partial charge in [0.15, 0.2) is 0 Å². The number of carbonyl (C=O) groups excluding carboxylic acids is 1. The molecule has 3 N–H and O–H groups in total. The average Bonchev–Trinajstić information content (AvgIpc) is 2.88. The first-order valence-electron chi connectivity index (χ1n) is 8.74. The molecule has 0 radical (unpaired) electrons. The van der Waals surface area contributed by atoms with Crippen LogP contribution in [0.2, 0.25) is 0 Å². The Bertz CT molecular complexity index is 644. The summed E-state index contributed by atoms with van der Waals surface area (Å²) in [6.45, 7) is 4.54. The predicted molar refractivity (Wildman–Crippen MR) is 104 cm³/mol. The van der Waals surface area contributed by atoms with E-state index in [2.05, 4.69) is 15.5 Å². The Morgan fingerprint density at radius 2 is 2.15 bits per heavy atom. The molecule has 3 heterocycles. The number of ether oxygens (including phenoxy) is 1. The lowest BCUT2D eigenvalue weighted by atomic mass is 9.99. The van der Waals surface area contributed by atoms with Gasteiger partial charge in [-0.05, 0) is 19.4 Å². The van der Waals surface area contributed by atoms with E-state index < -0.39 is 5.60 Å². The van der Waals surface area contributed by atoms with E-state index in [1.54, 1.807) is 0 Å². The summed E-state index contributed by atoms with van der Waals surface area (Å²) in [7, 11) is 0. The molecule has 4 atom stereocenters. The van der Waals surface area contributed by atoms with Crippen LogP contribution in [-0.2, 0) is 4.79 Å². The third kappa shape index (κ3) is 4.26. The summed E-state index contributed by atoms with van der Waals surface area (Å²) in [5.74, 6) is 0.892. The van der Waals surface area contributed by atoms with Crippen LogP contribution in [0.4, 0.5) is 0 Å². The van der Waals surface area contributed by atoms with Crippen LogP contribution in [0.1, 0.15) is 31.4 Å². The maximum absolute atomic E-state index is 12.7. The van der Waals surface area contributed by atoms with Crippen LogP contribution < -0.4 is 15.4 Å². The Labute approximate surface area is 166 Å². The number of para-hydroxylation sites is 1. The van der Waals surface area contributed by atoms with Crippen LogP contribution in [0.25, 0.3) is 0 Å². The van der Waals surface area contributed by atoms with Crippen LogP contribution in [0, 0.1) is 0 Å². The van der Waals surface area contributed by atoms with Gasteiger partial charge < -0.3 is 20.5 Å². The number of fused-ring (bicyclic) bond motifs is 2. The van der Waals surface area contributed by atoms with Gasteiger partial charge in [0.05, 0.1) is 24.3 Å². The van der Waals surface area contributed by atoms with Gasteiger partial charge in [0.2, 0.25) is 5.91 Å². The number of hydrogen-bond donors (Lipinski definition) is 3. The van der Waals surface area contributed by atoms with Gasteiger partial charge in [-0.1, -0.05) is 18.2 Å². The Morgan fingerprint density at radius 3 is 2.96 bits per heavy atom. The zero-order chi connectivity index (χ0) is 16.7. The minimum absolute atomic E-state index is 0. The van der Waals surface area contributed by atoms with Crippen LogP contribution in [0.15, 0.2) is 24.3 Å². The van der Waals surface area contributed by atoms with Crippen molar-refractivity contribution in [1.29, 1.82) is 0 Å². The molecule has 8 heteroatoms. The second-order valence-electron chi connectivity index (χ2n) is 7.48. The molecule has 0 aliphatic carbocycles. The van der Waals surface area contributed by atoms with E-state index in [0.29, 0.717) is 25.7 Å². The van der Waals surface area contributed by atoms with Crippen LogP contribution in [0.3, 0.4) is 0 Å². The topological polar surface area (TPSA) is 73.8 Å². The van der Waals surface area contributed by atoms with Gasteiger partial charge in [-0.3, -0.25) is 9.69 Å². The lowest BCUT2D eigenvalue weighted by Crippen LogP contribution is -2.59. The molecule has 1 aromatic rings. The quantitative estimate of drug-likeness (QED) is 0.693. The summed E-state index contributed by atoms with van der Waals surface area (Å²) in [6, 6.07) is 7.99. The maximum Gasteiger partial charge on any atom is 0.238 e. The number of rotatable bonds is 2. The van der Waals surface area contributed by atoms with Crippen LogP contribution in [0.5, 0.6) is 5.75 Å². The Balaban J connectivity index is 0.00000121. The van der Waals surface area contributed by atoms with E-state index in [0.717, 1.165) is 30.7 Å². The molecule has 3 aliphatic rings. The monoisotopic (exact) mass is 403 g/mol. The fourth-order valence-electron chi connectivity index (χ4n) is 4.20. The van der Waals surface area contributed by atoms with Gasteiger partial charge in [-0.25, -0.2) is 0 Å². The van der Waals surface area contributed by atoms with Crippen molar-refractivity contribution in [3.05, 3.63) is 29.8 Å². The van der Waals surface area contributed by atoms with E-state index in [1.807, 2.05) is 31.2 Å². The van der Waals surface area contributed by atoms with E-state index >= 15 is 0 Å². The average molecular weight is 404 g/mol. The molecule has 6 nitrogen and oxygen atoms in total. The molecule has 2 unspecified atom stereocenters. The van der Waals surface area contributed by atoms with Crippen molar-refractivity contribution in [3.8, 4) is 5.75 Å². The van der Waals surface area contributed by atoms with E-state index in [4.69, 9.17) is 4.74 Å². The van der Waals surface area contributed by atoms with Crippen molar-refractivity contribution in [1.82, 2.24) is 15.5 Å². The molecule has 26 heavy (non-hydrogen) atoms. The molecule has 3 aliphatic heterocycles. The summed E-state index contributed by atoms with van der Waals surface area (Å²) in [4.78, 5) is 15.0. The zero-order valence-corrected chi connectivity index (χ0v) is 16.4. The van der Waals surface area contributed by atoms with Crippen LogP contribution in [-0.4, -0.2) is 59.8 Å². The smallest absolute Gasteiger partial charge is 0.238 e. The molecule has 0 spiro atoms. The predicted octanol–water partition coefficient (Wildman–Crippen LogP) is 1.27.